The monoisotopic (exact) mass is 282 g/mol. The molecule has 108 valence electrons. The van der Waals surface area contributed by atoms with Crippen LogP contribution in [0.3, 0.4) is 0 Å². The van der Waals surface area contributed by atoms with Crippen LogP contribution in [-0.4, -0.2) is 23.8 Å². The summed E-state index contributed by atoms with van der Waals surface area (Å²) in [6.45, 7) is 2.72. The van der Waals surface area contributed by atoms with Crippen LogP contribution in [0.25, 0.3) is 11.0 Å². The smallest absolute Gasteiger partial charge is 0.124 e. The van der Waals surface area contributed by atoms with Crippen LogP contribution in [0.15, 0.2) is 42.5 Å². The summed E-state index contributed by atoms with van der Waals surface area (Å²) in [6.07, 6.45) is 0. The number of benzene rings is 2. The maximum atomic E-state index is 5.46. The molecule has 1 aromatic heterocycles. The third-order valence-corrected chi connectivity index (χ3v) is 3.66. The van der Waals surface area contributed by atoms with Crippen molar-refractivity contribution in [2.75, 3.05) is 14.2 Å². The molecule has 3 aromatic rings. The van der Waals surface area contributed by atoms with Crippen LogP contribution < -0.4 is 9.47 Å². The second-order valence-electron chi connectivity index (χ2n) is 4.91. The molecule has 0 atom stereocenters. The lowest BCUT2D eigenvalue weighted by Crippen LogP contribution is -2.04. The Morgan fingerprint density at radius 2 is 1.86 bits per heavy atom. The van der Waals surface area contributed by atoms with E-state index in [1.165, 1.54) is 0 Å². The molecule has 0 spiro atoms. The number of rotatable bonds is 4. The van der Waals surface area contributed by atoms with Gasteiger partial charge in [-0.2, -0.15) is 0 Å². The fourth-order valence-corrected chi connectivity index (χ4v) is 2.57. The molecular formula is C17H18N2O2. The Morgan fingerprint density at radius 1 is 1.05 bits per heavy atom. The van der Waals surface area contributed by atoms with Crippen LogP contribution in [0, 0.1) is 6.92 Å². The lowest BCUT2D eigenvalue weighted by Gasteiger charge is -2.12. The lowest BCUT2D eigenvalue weighted by atomic mass is 10.2. The third-order valence-electron chi connectivity index (χ3n) is 3.66. The first-order valence-electron chi connectivity index (χ1n) is 6.85. The number of para-hydroxylation sites is 2. The second-order valence-corrected chi connectivity index (χ2v) is 4.91. The average molecular weight is 282 g/mol. The van der Waals surface area contributed by atoms with Crippen LogP contribution in [0.1, 0.15) is 11.4 Å². The summed E-state index contributed by atoms with van der Waals surface area (Å²) in [5.74, 6) is 2.67. The van der Waals surface area contributed by atoms with E-state index in [1.807, 2.05) is 43.3 Å². The minimum Gasteiger partial charge on any atom is -0.497 e. The largest absolute Gasteiger partial charge is 0.497 e. The van der Waals surface area contributed by atoms with Crippen molar-refractivity contribution in [1.29, 1.82) is 0 Å². The number of aromatic nitrogens is 2. The first-order chi connectivity index (χ1) is 10.2. The molecule has 21 heavy (non-hydrogen) atoms. The third kappa shape index (κ3) is 2.44. The van der Waals surface area contributed by atoms with Gasteiger partial charge in [0.2, 0.25) is 0 Å². The van der Waals surface area contributed by atoms with Crippen molar-refractivity contribution in [1.82, 2.24) is 9.55 Å². The van der Waals surface area contributed by atoms with Crippen LogP contribution in [-0.2, 0) is 6.54 Å². The van der Waals surface area contributed by atoms with Crippen molar-refractivity contribution in [2.45, 2.75) is 13.5 Å². The van der Waals surface area contributed by atoms with Crippen LogP contribution in [0.5, 0.6) is 11.5 Å². The van der Waals surface area contributed by atoms with Gasteiger partial charge in [0.25, 0.3) is 0 Å². The molecule has 0 aliphatic carbocycles. The van der Waals surface area contributed by atoms with E-state index < -0.39 is 0 Å². The van der Waals surface area contributed by atoms with E-state index in [0.717, 1.165) is 33.9 Å². The SMILES string of the molecule is COc1ccc(OC)c(Cn2c(C)nc3ccccc32)c1. The first-order valence-corrected chi connectivity index (χ1v) is 6.85. The van der Waals surface area contributed by atoms with Crippen LogP contribution >= 0.6 is 0 Å². The summed E-state index contributed by atoms with van der Waals surface area (Å²) in [5, 5.41) is 0. The number of methoxy groups -OCH3 is 2. The highest BCUT2D eigenvalue weighted by atomic mass is 16.5. The Balaban J connectivity index is 2.08. The van der Waals surface area contributed by atoms with E-state index in [2.05, 4.69) is 15.6 Å². The number of nitrogens with zero attached hydrogens (tertiary/aromatic N) is 2. The van der Waals surface area contributed by atoms with Crippen molar-refractivity contribution in [3.05, 3.63) is 53.9 Å². The summed E-state index contributed by atoms with van der Waals surface area (Å²) < 4.78 is 13.0. The van der Waals surface area contributed by atoms with Crippen LogP contribution in [0.4, 0.5) is 0 Å². The van der Waals surface area contributed by atoms with Crippen molar-refractivity contribution >= 4 is 11.0 Å². The standard InChI is InChI=1S/C17H18N2O2/c1-12-18-15-6-4-5-7-16(15)19(12)11-13-10-14(20-2)8-9-17(13)21-3/h4-10H,11H2,1-3H3. The van der Waals surface area contributed by atoms with Gasteiger partial charge in [-0.05, 0) is 37.3 Å². The molecule has 0 N–H and O–H groups in total. The Morgan fingerprint density at radius 3 is 2.62 bits per heavy atom. The van der Waals surface area contributed by atoms with E-state index in [9.17, 15) is 0 Å². The fraction of sp³-hybridized carbons (Fsp3) is 0.235. The van der Waals surface area contributed by atoms with E-state index >= 15 is 0 Å². The Hall–Kier alpha value is -2.49. The van der Waals surface area contributed by atoms with E-state index in [-0.39, 0.29) is 0 Å². The molecule has 4 heteroatoms. The summed E-state index contributed by atoms with van der Waals surface area (Å²) in [4.78, 5) is 4.60. The molecule has 0 unspecified atom stereocenters. The van der Waals surface area contributed by atoms with E-state index in [4.69, 9.17) is 9.47 Å². The molecule has 4 nitrogen and oxygen atoms in total. The predicted octanol–water partition coefficient (Wildman–Crippen LogP) is 3.41. The highest BCUT2D eigenvalue weighted by molar-refractivity contribution is 5.76. The number of fused-ring (bicyclic) bond motifs is 1. The Kier molecular flexibility index (Phi) is 3.52. The molecule has 0 bridgehead atoms. The van der Waals surface area contributed by atoms with Gasteiger partial charge in [-0.25, -0.2) is 4.98 Å². The highest BCUT2D eigenvalue weighted by Crippen LogP contribution is 2.26. The maximum Gasteiger partial charge on any atom is 0.124 e. The first kappa shape index (κ1) is 13.5. The van der Waals surface area contributed by atoms with Gasteiger partial charge in [-0.15, -0.1) is 0 Å². The van der Waals surface area contributed by atoms with Crippen LogP contribution in [0.2, 0.25) is 0 Å². The van der Waals surface area contributed by atoms with E-state index in [0.29, 0.717) is 6.54 Å². The Bertz CT molecular complexity index is 778. The highest BCUT2D eigenvalue weighted by Gasteiger charge is 2.11. The van der Waals surface area contributed by atoms with Crippen molar-refractivity contribution in [2.24, 2.45) is 0 Å². The number of hydrogen-bond donors (Lipinski definition) is 0. The van der Waals surface area contributed by atoms with Crippen molar-refractivity contribution in [3.8, 4) is 11.5 Å². The Labute approximate surface area is 123 Å². The van der Waals surface area contributed by atoms with E-state index in [1.54, 1.807) is 14.2 Å². The molecule has 2 aromatic carbocycles. The molecule has 1 heterocycles. The predicted molar refractivity (Wildman–Crippen MR) is 83.1 cm³/mol. The van der Waals surface area contributed by atoms with Gasteiger partial charge in [0.05, 0.1) is 31.8 Å². The maximum absolute atomic E-state index is 5.46. The average Bonchev–Trinajstić information content (AvgIpc) is 2.83. The molecule has 0 amide bonds. The van der Waals surface area contributed by atoms with Gasteiger partial charge in [-0.1, -0.05) is 12.1 Å². The van der Waals surface area contributed by atoms with Crippen molar-refractivity contribution in [3.63, 3.8) is 0 Å². The number of hydrogen-bond acceptors (Lipinski definition) is 3. The zero-order valence-corrected chi connectivity index (χ0v) is 12.5. The molecule has 0 aliphatic heterocycles. The summed E-state index contributed by atoms with van der Waals surface area (Å²) in [6, 6.07) is 14.0. The van der Waals surface area contributed by atoms with Gasteiger partial charge in [0, 0.05) is 5.56 Å². The normalized spacial score (nSPS) is 10.8. The van der Waals surface area contributed by atoms with Crippen molar-refractivity contribution < 1.29 is 9.47 Å². The minimum absolute atomic E-state index is 0.701. The fourth-order valence-electron chi connectivity index (χ4n) is 2.57. The minimum atomic E-state index is 0.701. The van der Waals surface area contributed by atoms with Gasteiger partial charge < -0.3 is 14.0 Å². The molecule has 0 saturated carbocycles. The quantitative estimate of drug-likeness (QED) is 0.735. The molecule has 0 saturated heterocycles. The molecule has 0 fully saturated rings. The summed E-state index contributed by atoms with van der Waals surface area (Å²) in [5.41, 5.74) is 3.21. The molecule has 0 aliphatic rings. The number of imidazole rings is 1. The summed E-state index contributed by atoms with van der Waals surface area (Å²) in [7, 11) is 3.35. The summed E-state index contributed by atoms with van der Waals surface area (Å²) >= 11 is 0. The van der Waals surface area contributed by atoms with Gasteiger partial charge >= 0.3 is 0 Å². The second kappa shape index (κ2) is 5.48. The number of ether oxygens (including phenoxy) is 2. The topological polar surface area (TPSA) is 36.3 Å². The van der Waals surface area contributed by atoms with Gasteiger partial charge in [0.15, 0.2) is 0 Å². The molecular weight excluding hydrogens is 264 g/mol. The zero-order valence-electron chi connectivity index (χ0n) is 12.5. The van der Waals surface area contributed by atoms with Gasteiger partial charge in [0.1, 0.15) is 17.3 Å². The molecule has 0 radical (unpaired) electrons. The number of aryl methyl sites for hydroxylation is 1. The zero-order chi connectivity index (χ0) is 14.8. The lowest BCUT2D eigenvalue weighted by molar-refractivity contribution is 0.397. The molecule has 3 rings (SSSR count). The van der Waals surface area contributed by atoms with Gasteiger partial charge in [-0.3, -0.25) is 0 Å².